The van der Waals surface area contributed by atoms with Crippen LogP contribution in [0.5, 0.6) is 0 Å². The third-order valence-electron chi connectivity index (χ3n) is 4.22. The van der Waals surface area contributed by atoms with E-state index in [2.05, 4.69) is 35.0 Å². The van der Waals surface area contributed by atoms with Crippen LogP contribution in [-0.4, -0.2) is 12.0 Å². The van der Waals surface area contributed by atoms with Gasteiger partial charge in [-0.3, -0.25) is 5.43 Å². The second-order valence-corrected chi connectivity index (χ2v) is 5.50. The number of hydrogen-bond acceptors (Lipinski definition) is 2. The molecule has 0 aromatic heterocycles. The standard InChI is InChI=1S/C15H22N4/c16-19-15(17-12-6-2-3-7-12)18-14-10-9-11-5-1-4-8-13(11)14/h1,4-5,8,12,14H,2-3,6-7,9-10,16H2,(H2,17,18,19). The van der Waals surface area contributed by atoms with Crippen LogP contribution in [0.15, 0.2) is 29.3 Å². The number of aryl methyl sites for hydroxylation is 1. The number of guanidine groups is 1. The molecular weight excluding hydrogens is 236 g/mol. The van der Waals surface area contributed by atoms with Gasteiger partial charge in [0, 0.05) is 6.04 Å². The van der Waals surface area contributed by atoms with Gasteiger partial charge in [0.1, 0.15) is 0 Å². The van der Waals surface area contributed by atoms with Crippen molar-refractivity contribution in [2.45, 2.75) is 50.6 Å². The Morgan fingerprint density at radius 3 is 2.74 bits per heavy atom. The van der Waals surface area contributed by atoms with Gasteiger partial charge < -0.3 is 5.32 Å². The van der Waals surface area contributed by atoms with Crippen molar-refractivity contribution in [2.24, 2.45) is 10.8 Å². The molecule has 1 fully saturated rings. The smallest absolute Gasteiger partial charge is 0.206 e. The molecule has 2 aliphatic rings. The molecule has 0 radical (unpaired) electrons. The Bertz CT molecular complexity index is 463. The van der Waals surface area contributed by atoms with E-state index in [9.17, 15) is 0 Å². The van der Waals surface area contributed by atoms with Crippen LogP contribution in [0.4, 0.5) is 0 Å². The highest BCUT2D eigenvalue weighted by Gasteiger charge is 2.22. The number of rotatable bonds is 2. The molecule has 19 heavy (non-hydrogen) atoms. The van der Waals surface area contributed by atoms with Gasteiger partial charge in [0.05, 0.1) is 6.04 Å². The number of nitrogens with one attached hydrogen (secondary N) is 2. The number of benzene rings is 1. The Kier molecular flexibility index (Phi) is 3.69. The van der Waals surface area contributed by atoms with E-state index in [-0.39, 0.29) is 6.04 Å². The lowest BCUT2D eigenvalue weighted by Crippen LogP contribution is -2.45. The van der Waals surface area contributed by atoms with Gasteiger partial charge >= 0.3 is 0 Å². The molecule has 3 rings (SSSR count). The Morgan fingerprint density at radius 2 is 1.95 bits per heavy atom. The molecule has 2 aliphatic carbocycles. The van der Waals surface area contributed by atoms with Crippen LogP contribution in [0.1, 0.15) is 49.3 Å². The molecular formula is C15H22N4. The van der Waals surface area contributed by atoms with Crippen molar-refractivity contribution >= 4 is 5.96 Å². The van der Waals surface area contributed by atoms with Crippen LogP contribution in [0.3, 0.4) is 0 Å². The van der Waals surface area contributed by atoms with Crippen molar-refractivity contribution in [3.05, 3.63) is 35.4 Å². The van der Waals surface area contributed by atoms with Gasteiger partial charge in [-0.15, -0.1) is 0 Å². The van der Waals surface area contributed by atoms with Crippen molar-refractivity contribution in [3.8, 4) is 0 Å². The molecule has 4 nitrogen and oxygen atoms in total. The minimum atomic E-state index is 0.246. The fraction of sp³-hybridized carbons (Fsp3) is 0.533. The molecule has 1 aromatic carbocycles. The lowest BCUT2D eigenvalue weighted by atomic mass is 10.1. The Labute approximate surface area is 114 Å². The molecule has 0 spiro atoms. The molecule has 4 N–H and O–H groups in total. The lowest BCUT2D eigenvalue weighted by molar-refractivity contribution is 0.604. The molecule has 0 aliphatic heterocycles. The van der Waals surface area contributed by atoms with Crippen LogP contribution in [0, 0.1) is 0 Å². The van der Waals surface area contributed by atoms with E-state index in [1.165, 1.54) is 36.8 Å². The molecule has 0 amide bonds. The maximum absolute atomic E-state index is 5.61. The van der Waals surface area contributed by atoms with Gasteiger partial charge in [0.25, 0.3) is 0 Å². The molecule has 1 unspecified atom stereocenters. The summed E-state index contributed by atoms with van der Waals surface area (Å²) in [6.45, 7) is 0. The predicted octanol–water partition coefficient (Wildman–Crippen LogP) is 2.03. The fourth-order valence-corrected chi connectivity index (χ4v) is 3.20. The van der Waals surface area contributed by atoms with E-state index >= 15 is 0 Å². The highest BCUT2D eigenvalue weighted by Crippen LogP contribution is 2.33. The van der Waals surface area contributed by atoms with Crippen molar-refractivity contribution < 1.29 is 0 Å². The van der Waals surface area contributed by atoms with Crippen molar-refractivity contribution in [1.29, 1.82) is 0 Å². The van der Waals surface area contributed by atoms with E-state index in [1.54, 1.807) is 0 Å². The van der Waals surface area contributed by atoms with E-state index in [4.69, 9.17) is 10.8 Å². The predicted molar refractivity (Wildman–Crippen MR) is 77.7 cm³/mol. The molecule has 1 aromatic rings. The summed E-state index contributed by atoms with van der Waals surface area (Å²) in [6.07, 6.45) is 7.26. The van der Waals surface area contributed by atoms with Crippen LogP contribution < -0.4 is 16.6 Å². The highest BCUT2D eigenvalue weighted by molar-refractivity contribution is 5.79. The van der Waals surface area contributed by atoms with Crippen LogP contribution in [0.25, 0.3) is 0 Å². The quantitative estimate of drug-likeness (QED) is 0.329. The van der Waals surface area contributed by atoms with E-state index < -0.39 is 0 Å². The lowest BCUT2D eigenvalue weighted by Gasteiger charge is -2.17. The summed E-state index contributed by atoms with van der Waals surface area (Å²) in [6, 6.07) is 9.35. The normalized spacial score (nSPS) is 23.4. The second-order valence-electron chi connectivity index (χ2n) is 5.50. The molecule has 0 saturated heterocycles. The fourth-order valence-electron chi connectivity index (χ4n) is 3.20. The molecule has 102 valence electrons. The minimum Gasteiger partial charge on any atom is -0.353 e. The number of hydrogen-bond donors (Lipinski definition) is 3. The second kappa shape index (κ2) is 5.61. The summed E-state index contributed by atoms with van der Waals surface area (Å²) in [4.78, 5) is 4.77. The first kappa shape index (κ1) is 12.5. The Hall–Kier alpha value is -1.55. The molecule has 1 saturated carbocycles. The summed E-state index contributed by atoms with van der Waals surface area (Å²) in [5.41, 5.74) is 5.50. The molecule has 0 bridgehead atoms. The van der Waals surface area contributed by atoms with E-state index in [0.29, 0.717) is 6.04 Å². The summed E-state index contributed by atoms with van der Waals surface area (Å²) < 4.78 is 0. The topological polar surface area (TPSA) is 62.4 Å². The van der Waals surface area contributed by atoms with Crippen LogP contribution >= 0.6 is 0 Å². The van der Waals surface area contributed by atoms with Crippen LogP contribution in [-0.2, 0) is 6.42 Å². The number of nitrogens with zero attached hydrogens (tertiary/aromatic N) is 1. The summed E-state index contributed by atoms with van der Waals surface area (Å²) in [5, 5.41) is 3.44. The van der Waals surface area contributed by atoms with Gasteiger partial charge in [0.2, 0.25) is 5.96 Å². The number of fused-ring (bicyclic) bond motifs is 1. The van der Waals surface area contributed by atoms with E-state index in [1.807, 2.05) is 0 Å². The number of nitrogens with two attached hydrogens (primary N) is 1. The summed E-state index contributed by atoms with van der Waals surface area (Å²) in [5.74, 6) is 6.35. The summed E-state index contributed by atoms with van der Waals surface area (Å²) >= 11 is 0. The zero-order chi connectivity index (χ0) is 13.1. The average molecular weight is 258 g/mol. The Balaban J connectivity index is 1.72. The van der Waals surface area contributed by atoms with Crippen molar-refractivity contribution in [2.75, 3.05) is 0 Å². The average Bonchev–Trinajstić information content (AvgIpc) is 3.08. The van der Waals surface area contributed by atoms with Gasteiger partial charge in [-0.05, 0) is 36.8 Å². The Morgan fingerprint density at radius 1 is 1.16 bits per heavy atom. The highest BCUT2D eigenvalue weighted by atomic mass is 15.3. The number of aliphatic imine (C=N–C) groups is 1. The van der Waals surface area contributed by atoms with Gasteiger partial charge in [-0.1, -0.05) is 37.1 Å². The maximum Gasteiger partial charge on any atom is 0.206 e. The maximum atomic E-state index is 5.61. The first-order valence-corrected chi connectivity index (χ1v) is 7.25. The third-order valence-corrected chi connectivity index (χ3v) is 4.22. The monoisotopic (exact) mass is 258 g/mol. The SMILES string of the molecule is NNC(=NC1CCc2ccccc21)NC1CCCC1. The zero-order valence-corrected chi connectivity index (χ0v) is 11.2. The number of hydrazine groups is 1. The first-order chi connectivity index (χ1) is 9.36. The van der Waals surface area contributed by atoms with Gasteiger partial charge in [-0.2, -0.15) is 0 Å². The van der Waals surface area contributed by atoms with Crippen LogP contribution in [0.2, 0.25) is 0 Å². The van der Waals surface area contributed by atoms with Gasteiger partial charge in [-0.25, -0.2) is 10.8 Å². The van der Waals surface area contributed by atoms with Gasteiger partial charge in [0.15, 0.2) is 0 Å². The molecule has 4 heteroatoms. The summed E-state index contributed by atoms with van der Waals surface area (Å²) in [7, 11) is 0. The minimum absolute atomic E-state index is 0.246. The first-order valence-electron chi connectivity index (χ1n) is 7.25. The largest absolute Gasteiger partial charge is 0.353 e. The molecule has 1 atom stereocenters. The van der Waals surface area contributed by atoms with E-state index in [0.717, 1.165) is 18.8 Å². The molecule has 0 heterocycles. The zero-order valence-electron chi connectivity index (χ0n) is 11.2. The van der Waals surface area contributed by atoms with Crippen molar-refractivity contribution in [3.63, 3.8) is 0 Å². The van der Waals surface area contributed by atoms with Crippen molar-refractivity contribution in [1.82, 2.24) is 10.7 Å². The third kappa shape index (κ3) is 2.73.